The molecule has 1 aliphatic carbocycles. The third-order valence-corrected chi connectivity index (χ3v) is 5.96. The summed E-state index contributed by atoms with van der Waals surface area (Å²) in [6.45, 7) is 4.47. The van der Waals surface area contributed by atoms with E-state index in [9.17, 15) is 22.8 Å². The van der Waals surface area contributed by atoms with Crippen molar-refractivity contribution in [1.82, 2.24) is 0 Å². The van der Waals surface area contributed by atoms with Gasteiger partial charge < -0.3 is 14.8 Å². The number of hydrogen-bond donors (Lipinski definition) is 1. The van der Waals surface area contributed by atoms with E-state index in [1.165, 1.54) is 18.2 Å². The van der Waals surface area contributed by atoms with Crippen LogP contribution < -0.4 is 10.1 Å². The van der Waals surface area contributed by atoms with Crippen LogP contribution in [0.2, 0.25) is 0 Å². The van der Waals surface area contributed by atoms with Gasteiger partial charge in [0.1, 0.15) is 5.75 Å². The van der Waals surface area contributed by atoms with E-state index in [0.717, 1.165) is 17.6 Å². The van der Waals surface area contributed by atoms with Crippen molar-refractivity contribution in [3.63, 3.8) is 0 Å². The number of rotatable bonds is 6. The summed E-state index contributed by atoms with van der Waals surface area (Å²) in [6, 6.07) is 12.5. The smallest absolute Gasteiger partial charge is 0.465 e. The predicted octanol–water partition coefficient (Wildman–Crippen LogP) is 4.82. The zero-order valence-corrected chi connectivity index (χ0v) is 17.2. The number of carbonyl (C=O) groups excluding carboxylic acids is 2. The van der Waals surface area contributed by atoms with Crippen LogP contribution in [-0.4, -0.2) is 24.8 Å². The van der Waals surface area contributed by atoms with Gasteiger partial charge in [0.2, 0.25) is 5.91 Å². The zero-order valence-electron chi connectivity index (χ0n) is 17.2. The molecule has 5 nitrogen and oxygen atoms in total. The number of amides is 1. The quantitative estimate of drug-likeness (QED) is 0.512. The van der Waals surface area contributed by atoms with E-state index >= 15 is 0 Å². The van der Waals surface area contributed by atoms with Crippen molar-refractivity contribution < 1.29 is 32.2 Å². The highest BCUT2D eigenvalue weighted by Crippen LogP contribution is 2.52. The molecule has 168 valence electrons. The maximum absolute atomic E-state index is 12.4. The second-order valence-electron chi connectivity index (χ2n) is 8.38. The highest BCUT2D eigenvalue weighted by Gasteiger charge is 2.55. The van der Waals surface area contributed by atoms with Crippen LogP contribution in [0.15, 0.2) is 60.7 Å². The summed E-state index contributed by atoms with van der Waals surface area (Å²) in [5.41, 5.74) is 2.43. The molecule has 2 aliphatic rings. The molecule has 0 radical (unpaired) electrons. The van der Waals surface area contributed by atoms with E-state index in [2.05, 4.69) is 16.6 Å². The average molecular weight is 445 g/mol. The Morgan fingerprint density at radius 1 is 1.19 bits per heavy atom. The monoisotopic (exact) mass is 445 g/mol. The lowest BCUT2D eigenvalue weighted by molar-refractivity contribution is -0.274. The number of nitrogens with one attached hydrogen (secondary N) is 1. The lowest BCUT2D eigenvalue weighted by Gasteiger charge is -2.24. The number of cyclic esters (lactones) is 1. The highest BCUT2D eigenvalue weighted by atomic mass is 19.4. The first-order chi connectivity index (χ1) is 15.1. The SMILES string of the molecule is C=C1CC2COC(=O)C2(Cc2ccc(NC(=O)Cc3cccc(OC(F)(F)F)c3)cc2)C1. The summed E-state index contributed by atoms with van der Waals surface area (Å²) in [5.74, 6) is -0.758. The Morgan fingerprint density at radius 2 is 1.94 bits per heavy atom. The standard InChI is InChI=1S/C24H22F3NO4/c1-15-9-18-14-31-22(30)23(18,12-15)13-16-5-7-19(8-6-16)28-21(29)11-17-3-2-4-20(10-17)32-24(25,26)27/h2-8,10,18H,1,9,11-14H2,(H,28,29). The topological polar surface area (TPSA) is 64.6 Å². The van der Waals surface area contributed by atoms with Crippen molar-refractivity contribution in [2.24, 2.45) is 11.3 Å². The second kappa shape index (κ2) is 8.33. The number of allylic oxidation sites excluding steroid dienone is 1. The summed E-state index contributed by atoms with van der Waals surface area (Å²) in [6.07, 6.45) is -2.91. The van der Waals surface area contributed by atoms with Gasteiger partial charge in [-0.2, -0.15) is 0 Å². The molecule has 2 aromatic carbocycles. The van der Waals surface area contributed by atoms with Gasteiger partial charge in [-0.3, -0.25) is 9.59 Å². The fourth-order valence-corrected chi connectivity index (χ4v) is 4.58. The molecule has 2 fully saturated rings. The number of esters is 1. The van der Waals surface area contributed by atoms with Crippen molar-refractivity contribution in [1.29, 1.82) is 0 Å². The molecule has 0 bridgehead atoms. The largest absolute Gasteiger partial charge is 0.573 e. The van der Waals surface area contributed by atoms with E-state index < -0.39 is 11.8 Å². The fourth-order valence-electron chi connectivity index (χ4n) is 4.58. The molecule has 4 rings (SSSR count). The summed E-state index contributed by atoms with van der Waals surface area (Å²) in [4.78, 5) is 24.7. The first-order valence-electron chi connectivity index (χ1n) is 10.2. The third kappa shape index (κ3) is 4.79. The van der Waals surface area contributed by atoms with Gasteiger partial charge in [0, 0.05) is 11.6 Å². The minimum Gasteiger partial charge on any atom is -0.465 e. The Bertz CT molecular complexity index is 1050. The number of ether oxygens (including phenoxy) is 2. The van der Waals surface area contributed by atoms with E-state index in [-0.39, 0.29) is 30.0 Å². The first kappa shape index (κ1) is 21.9. The predicted molar refractivity (Wildman–Crippen MR) is 111 cm³/mol. The zero-order chi connectivity index (χ0) is 22.9. The number of alkyl halides is 3. The van der Waals surface area contributed by atoms with Gasteiger partial charge in [0.15, 0.2) is 0 Å². The van der Waals surface area contributed by atoms with Gasteiger partial charge in [0.05, 0.1) is 18.4 Å². The van der Waals surface area contributed by atoms with E-state index in [0.29, 0.717) is 30.7 Å². The van der Waals surface area contributed by atoms with Crippen LogP contribution in [0.1, 0.15) is 24.0 Å². The number of benzene rings is 2. The Balaban J connectivity index is 1.37. The molecule has 2 unspecified atom stereocenters. The lowest BCUT2D eigenvalue weighted by Crippen LogP contribution is -2.31. The summed E-state index contributed by atoms with van der Waals surface area (Å²) < 4.78 is 46.3. The Hall–Kier alpha value is -3.29. The molecule has 1 saturated heterocycles. The van der Waals surface area contributed by atoms with Crippen LogP contribution in [0.25, 0.3) is 0 Å². The Kier molecular flexibility index (Phi) is 5.71. The number of anilines is 1. The Labute approximate surface area is 183 Å². The number of fused-ring (bicyclic) bond motifs is 1. The van der Waals surface area contributed by atoms with Crippen molar-refractivity contribution in [3.8, 4) is 5.75 Å². The van der Waals surface area contributed by atoms with E-state index in [1.54, 1.807) is 18.2 Å². The molecule has 1 amide bonds. The van der Waals surface area contributed by atoms with Crippen molar-refractivity contribution >= 4 is 17.6 Å². The van der Waals surface area contributed by atoms with Crippen molar-refractivity contribution in [2.75, 3.05) is 11.9 Å². The lowest BCUT2D eigenvalue weighted by atomic mass is 9.75. The van der Waals surface area contributed by atoms with Gasteiger partial charge >= 0.3 is 12.3 Å². The minimum absolute atomic E-state index is 0.102. The van der Waals surface area contributed by atoms with E-state index in [4.69, 9.17) is 4.74 Å². The molecule has 1 saturated carbocycles. The molecule has 8 heteroatoms. The van der Waals surface area contributed by atoms with Gasteiger partial charge in [-0.25, -0.2) is 0 Å². The van der Waals surface area contributed by atoms with Crippen LogP contribution in [-0.2, 0) is 27.2 Å². The third-order valence-electron chi connectivity index (χ3n) is 5.96. The van der Waals surface area contributed by atoms with Crippen molar-refractivity contribution in [3.05, 3.63) is 71.8 Å². The number of halogens is 3. The van der Waals surface area contributed by atoms with Crippen LogP contribution >= 0.6 is 0 Å². The van der Waals surface area contributed by atoms with Crippen LogP contribution in [0.5, 0.6) is 5.75 Å². The minimum atomic E-state index is -4.79. The molecule has 0 aromatic heterocycles. The van der Waals surface area contributed by atoms with Crippen LogP contribution in [0, 0.1) is 11.3 Å². The molecule has 2 aromatic rings. The van der Waals surface area contributed by atoms with Gasteiger partial charge in [-0.1, -0.05) is 36.4 Å². The fraction of sp³-hybridized carbons (Fsp3) is 0.333. The summed E-state index contributed by atoms with van der Waals surface area (Å²) in [7, 11) is 0. The van der Waals surface area contributed by atoms with Crippen LogP contribution in [0.4, 0.5) is 18.9 Å². The summed E-state index contributed by atoms with van der Waals surface area (Å²) >= 11 is 0. The van der Waals surface area contributed by atoms with Gasteiger partial charge in [-0.15, -0.1) is 13.2 Å². The molecular weight excluding hydrogens is 423 g/mol. The second-order valence-corrected chi connectivity index (χ2v) is 8.38. The number of hydrogen-bond acceptors (Lipinski definition) is 4. The van der Waals surface area contributed by atoms with Crippen LogP contribution in [0.3, 0.4) is 0 Å². The molecule has 1 aliphatic heterocycles. The highest BCUT2D eigenvalue weighted by molar-refractivity contribution is 5.92. The molecule has 0 spiro atoms. The maximum atomic E-state index is 12.4. The number of carbonyl (C=O) groups is 2. The van der Waals surface area contributed by atoms with Gasteiger partial charge in [0.25, 0.3) is 0 Å². The molecular formula is C24H22F3NO4. The first-order valence-corrected chi connectivity index (χ1v) is 10.2. The molecule has 1 N–H and O–H groups in total. The summed E-state index contributed by atoms with van der Waals surface area (Å²) in [5, 5.41) is 2.73. The normalized spacial score (nSPS) is 22.4. The molecule has 1 heterocycles. The Morgan fingerprint density at radius 3 is 2.66 bits per heavy atom. The van der Waals surface area contributed by atoms with Gasteiger partial charge in [-0.05, 0) is 54.7 Å². The molecule has 32 heavy (non-hydrogen) atoms. The van der Waals surface area contributed by atoms with E-state index in [1.807, 2.05) is 12.1 Å². The maximum Gasteiger partial charge on any atom is 0.573 e. The van der Waals surface area contributed by atoms with Crippen molar-refractivity contribution in [2.45, 2.75) is 32.0 Å². The molecule has 2 atom stereocenters. The average Bonchev–Trinajstić information content (AvgIpc) is 3.16.